The van der Waals surface area contributed by atoms with Crippen LogP contribution in [0.4, 0.5) is 5.69 Å². The highest BCUT2D eigenvalue weighted by atomic mass is 16.2. The Balaban J connectivity index is 1.27. The fourth-order valence-electron chi connectivity index (χ4n) is 5.01. The molecule has 1 heterocycles. The van der Waals surface area contributed by atoms with Crippen molar-refractivity contribution in [1.29, 1.82) is 0 Å². The number of hydrogen-bond donors (Lipinski definition) is 1. The van der Waals surface area contributed by atoms with Gasteiger partial charge in [-0.1, -0.05) is 97.1 Å². The Morgan fingerprint density at radius 3 is 1.85 bits per heavy atom. The number of carbonyl (C=O) groups is 1. The Kier molecular flexibility index (Phi) is 6.70. The van der Waals surface area contributed by atoms with Gasteiger partial charge in [0.05, 0.1) is 12.1 Å². The molecule has 4 aromatic rings. The largest absolute Gasteiger partial charge is 0.324 e. The van der Waals surface area contributed by atoms with Gasteiger partial charge in [0, 0.05) is 37.3 Å². The van der Waals surface area contributed by atoms with E-state index in [1.807, 2.05) is 31.2 Å². The van der Waals surface area contributed by atoms with Gasteiger partial charge in [-0.2, -0.15) is 0 Å². The van der Waals surface area contributed by atoms with Crippen LogP contribution >= 0.6 is 0 Å². The van der Waals surface area contributed by atoms with Gasteiger partial charge in [0.1, 0.15) is 0 Å². The van der Waals surface area contributed by atoms with Crippen molar-refractivity contribution in [1.82, 2.24) is 9.80 Å². The molecule has 0 radical (unpaired) electrons. The minimum atomic E-state index is -0.187. The lowest BCUT2D eigenvalue weighted by atomic mass is 9.96. The summed E-state index contributed by atoms with van der Waals surface area (Å²) in [5.74, 6) is 0.0486. The van der Waals surface area contributed by atoms with Gasteiger partial charge in [0.2, 0.25) is 5.91 Å². The fourth-order valence-corrected chi connectivity index (χ4v) is 5.01. The van der Waals surface area contributed by atoms with Gasteiger partial charge in [-0.05, 0) is 29.5 Å². The van der Waals surface area contributed by atoms with Crippen LogP contribution in [0, 0.1) is 0 Å². The molecule has 0 spiro atoms. The van der Waals surface area contributed by atoms with E-state index >= 15 is 0 Å². The van der Waals surface area contributed by atoms with Crippen LogP contribution in [0.1, 0.15) is 24.1 Å². The number of fused-ring (bicyclic) bond motifs is 1. The van der Waals surface area contributed by atoms with Crippen LogP contribution in [-0.4, -0.2) is 47.9 Å². The summed E-state index contributed by atoms with van der Waals surface area (Å²) in [6, 6.07) is 35.7. The van der Waals surface area contributed by atoms with Crippen molar-refractivity contribution in [3.63, 3.8) is 0 Å². The van der Waals surface area contributed by atoms with E-state index in [2.05, 4.69) is 94.0 Å². The smallest absolute Gasteiger partial charge is 0.241 e. The Bertz CT molecular complexity index is 1190. The van der Waals surface area contributed by atoms with Crippen LogP contribution in [-0.2, 0) is 4.79 Å². The normalized spacial score (nSPS) is 15.9. The van der Waals surface area contributed by atoms with Crippen LogP contribution in [0.2, 0.25) is 0 Å². The summed E-state index contributed by atoms with van der Waals surface area (Å²) in [4.78, 5) is 18.0. The Morgan fingerprint density at radius 2 is 1.21 bits per heavy atom. The summed E-state index contributed by atoms with van der Waals surface area (Å²) in [5.41, 5.74) is 3.49. The van der Waals surface area contributed by atoms with E-state index in [-0.39, 0.29) is 18.0 Å². The zero-order chi connectivity index (χ0) is 23.3. The number of amides is 1. The minimum absolute atomic E-state index is 0.0486. The first kappa shape index (κ1) is 22.3. The second kappa shape index (κ2) is 10.2. The van der Waals surface area contributed by atoms with Gasteiger partial charge in [-0.15, -0.1) is 0 Å². The number of nitrogens with one attached hydrogen (secondary N) is 1. The summed E-state index contributed by atoms with van der Waals surface area (Å²) in [7, 11) is 0. The third-order valence-electron chi connectivity index (χ3n) is 6.92. The zero-order valence-corrected chi connectivity index (χ0v) is 19.6. The average molecular weight is 450 g/mol. The van der Waals surface area contributed by atoms with E-state index in [1.165, 1.54) is 11.1 Å². The third-order valence-corrected chi connectivity index (χ3v) is 6.92. The molecule has 1 amide bonds. The molecule has 4 heteroatoms. The van der Waals surface area contributed by atoms with Crippen LogP contribution in [0.15, 0.2) is 103 Å². The predicted octanol–water partition coefficient (Wildman–Crippen LogP) is 5.57. The molecule has 0 aromatic heterocycles. The molecule has 1 aliphatic heterocycles. The number of hydrogen-bond acceptors (Lipinski definition) is 3. The van der Waals surface area contributed by atoms with Gasteiger partial charge in [0.25, 0.3) is 0 Å². The molecule has 1 aliphatic rings. The summed E-state index contributed by atoms with van der Waals surface area (Å²) in [5, 5.41) is 5.38. The highest BCUT2D eigenvalue weighted by Gasteiger charge is 2.30. The first-order valence-electron chi connectivity index (χ1n) is 12.1. The van der Waals surface area contributed by atoms with Crippen molar-refractivity contribution in [2.45, 2.75) is 19.0 Å². The van der Waals surface area contributed by atoms with Crippen LogP contribution in [0.5, 0.6) is 0 Å². The standard InChI is InChI=1S/C30H31N3O/c1-23(30(34)31-28-18-10-16-24-11-8-9-17-27(24)28)32-19-21-33(22-20-32)29(25-12-4-2-5-13-25)26-14-6-3-7-15-26/h2-18,23,29H,19-22H2,1H3,(H,31,34)/t23-/m0/s1. The second-order valence-electron chi connectivity index (χ2n) is 8.99. The summed E-state index contributed by atoms with van der Waals surface area (Å²) in [6.07, 6.45) is 0. The first-order valence-corrected chi connectivity index (χ1v) is 12.1. The van der Waals surface area contributed by atoms with Gasteiger partial charge in [-0.3, -0.25) is 14.6 Å². The van der Waals surface area contributed by atoms with E-state index in [9.17, 15) is 4.79 Å². The maximum atomic E-state index is 13.1. The molecule has 34 heavy (non-hydrogen) atoms. The number of nitrogens with zero attached hydrogens (tertiary/aromatic N) is 2. The molecule has 0 unspecified atom stereocenters. The van der Waals surface area contributed by atoms with E-state index in [4.69, 9.17) is 0 Å². The fraction of sp³-hybridized carbons (Fsp3) is 0.233. The molecule has 4 aromatic carbocycles. The van der Waals surface area contributed by atoms with Crippen molar-refractivity contribution >= 4 is 22.4 Å². The first-order chi connectivity index (χ1) is 16.7. The number of anilines is 1. The van der Waals surface area contributed by atoms with Crippen molar-refractivity contribution < 1.29 is 4.79 Å². The van der Waals surface area contributed by atoms with Crippen LogP contribution in [0.3, 0.4) is 0 Å². The van der Waals surface area contributed by atoms with E-state index in [1.54, 1.807) is 0 Å². The molecule has 0 aliphatic carbocycles. The molecule has 5 rings (SSSR count). The second-order valence-corrected chi connectivity index (χ2v) is 8.99. The molecule has 1 atom stereocenters. The highest BCUT2D eigenvalue weighted by Crippen LogP contribution is 2.30. The van der Waals surface area contributed by atoms with Crippen LogP contribution in [0.25, 0.3) is 10.8 Å². The van der Waals surface area contributed by atoms with Crippen LogP contribution < -0.4 is 5.32 Å². The van der Waals surface area contributed by atoms with E-state index in [0.29, 0.717) is 0 Å². The maximum Gasteiger partial charge on any atom is 0.241 e. The van der Waals surface area contributed by atoms with Crippen molar-refractivity contribution in [2.24, 2.45) is 0 Å². The topological polar surface area (TPSA) is 35.6 Å². The molecule has 172 valence electrons. The third kappa shape index (κ3) is 4.74. The molecule has 1 saturated heterocycles. The van der Waals surface area contributed by atoms with Crippen molar-refractivity contribution in [3.05, 3.63) is 114 Å². The number of carbonyl (C=O) groups excluding carboxylic acids is 1. The quantitative estimate of drug-likeness (QED) is 0.418. The molecular formula is C30H31N3O. The molecule has 4 nitrogen and oxygen atoms in total. The van der Waals surface area contributed by atoms with Crippen molar-refractivity contribution in [2.75, 3.05) is 31.5 Å². The SMILES string of the molecule is C[C@@H](C(=O)Nc1cccc2ccccc12)N1CCN(C(c2ccccc2)c2ccccc2)CC1. The van der Waals surface area contributed by atoms with E-state index < -0.39 is 0 Å². The molecule has 0 saturated carbocycles. The van der Waals surface area contributed by atoms with Gasteiger partial charge in [-0.25, -0.2) is 0 Å². The van der Waals surface area contributed by atoms with Gasteiger partial charge in [0.15, 0.2) is 0 Å². The lowest BCUT2D eigenvalue weighted by Gasteiger charge is -2.41. The monoisotopic (exact) mass is 449 g/mol. The van der Waals surface area contributed by atoms with E-state index in [0.717, 1.165) is 42.6 Å². The minimum Gasteiger partial charge on any atom is -0.324 e. The molecule has 1 N–H and O–H groups in total. The van der Waals surface area contributed by atoms with Gasteiger partial charge < -0.3 is 5.32 Å². The highest BCUT2D eigenvalue weighted by molar-refractivity contribution is 6.03. The van der Waals surface area contributed by atoms with Crippen molar-refractivity contribution in [3.8, 4) is 0 Å². The number of rotatable bonds is 6. The summed E-state index contributed by atoms with van der Waals surface area (Å²) in [6.45, 7) is 5.57. The molecule has 1 fully saturated rings. The Hall–Kier alpha value is -3.47. The molecular weight excluding hydrogens is 418 g/mol. The zero-order valence-electron chi connectivity index (χ0n) is 19.6. The van der Waals surface area contributed by atoms with Gasteiger partial charge >= 0.3 is 0 Å². The number of piperazine rings is 1. The predicted molar refractivity (Wildman–Crippen MR) is 140 cm³/mol. The Labute approximate surface area is 201 Å². The lowest BCUT2D eigenvalue weighted by Crippen LogP contribution is -2.53. The summed E-state index contributed by atoms with van der Waals surface area (Å²) >= 11 is 0. The average Bonchev–Trinajstić information content (AvgIpc) is 2.90. The maximum absolute atomic E-state index is 13.1. The Morgan fingerprint density at radius 1 is 0.676 bits per heavy atom. The summed E-state index contributed by atoms with van der Waals surface area (Å²) < 4.78 is 0. The number of benzene rings is 4. The molecule has 0 bridgehead atoms. The lowest BCUT2D eigenvalue weighted by molar-refractivity contribution is -0.121.